The Morgan fingerprint density at radius 3 is 1.73 bits per heavy atom. The monoisotopic (exact) mass is 658 g/mol. The molecule has 2 heterocycles. The summed E-state index contributed by atoms with van der Waals surface area (Å²) in [6, 6.07) is 57.6. The molecule has 0 saturated carbocycles. The van der Waals surface area contributed by atoms with Gasteiger partial charge in [-0.2, -0.15) is 0 Å². The van der Waals surface area contributed by atoms with E-state index in [9.17, 15) is 0 Å². The Morgan fingerprint density at radius 2 is 0.904 bits per heavy atom. The van der Waals surface area contributed by atoms with Gasteiger partial charge in [0, 0.05) is 32.5 Å². The van der Waals surface area contributed by atoms with E-state index in [2.05, 4.69) is 158 Å². The molecule has 0 amide bonds. The first-order valence-corrected chi connectivity index (χ1v) is 17.9. The maximum absolute atomic E-state index is 7.01. The van der Waals surface area contributed by atoms with Gasteiger partial charge in [-0.15, -0.1) is 0 Å². The molecule has 1 aromatic heterocycles. The van der Waals surface area contributed by atoms with E-state index >= 15 is 0 Å². The summed E-state index contributed by atoms with van der Waals surface area (Å²) in [5, 5.41) is 19.5. The molecule has 0 unspecified atom stereocenters. The highest BCUT2D eigenvalue weighted by molar-refractivity contribution is 6.29. The molecule has 0 atom stereocenters. The highest BCUT2D eigenvalue weighted by atomic mass is 16.5. The molecular weight excluding hydrogens is 633 g/mol. The number of hydrogen-bond acceptors (Lipinski definition) is 2. The molecule has 0 aliphatic carbocycles. The topological polar surface area (TPSA) is 22.4 Å². The van der Waals surface area contributed by atoms with Crippen LogP contribution < -0.4 is 4.74 Å². The van der Waals surface area contributed by atoms with Crippen molar-refractivity contribution in [3.05, 3.63) is 158 Å². The van der Waals surface area contributed by atoms with Crippen molar-refractivity contribution in [2.45, 2.75) is 0 Å². The van der Waals surface area contributed by atoms with Gasteiger partial charge in [0.1, 0.15) is 22.7 Å². The molecule has 0 bridgehead atoms. The first-order chi connectivity index (χ1) is 25.7. The van der Waals surface area contributed by atoms with E-state index in [1.165, 1.54) is 81.1 Å². The molecule has 0 radical (unpaired) electrons. The summed E-state index contributed by atoms with van der Waals surface area (Å²) in [6.07, 6.45) is 0. The molecule has 0 spiro atoms. The van der Waals surface area contributed by atoms with Gasteiger partial charge in [-0.3, -0.25) is 0 Å². The predicted molar refractivity (Wildman–Crippen MR) is 218 cm³/mol. The largest absolute Gasteiger partial charge is 0.456 e. The van der Waals surface area contributed by atoms with Crippen molar-refractivity contribution < 1.29 is 9.15 Å². The molecule has 1 aliphatic rings. The van der Waals surface area contributed by atoms with Crippen LogP contribution in [0.3, 0.4) is 0 Å². The Kier molecular flexibility index (Phi) is 4.89. The van der Waals surface area contributed by atoms with Gasteiger partial charge < -0.3 is 9.15 Å². The minimum absolute atomic E-state index is 0.884. The number of benzene rings is 11. The summed E-state index contributed by atoms with van der Waals surface area (Å²) in [6.45, 7) is 0. The van der Waals surface area contributed by atoms with Crippen molar-refractivity contribution in [2.75, 3.05) is 0 Å². The van der Waals surface area contributed by atoms with Crippen LogP contribution in [-0.2, 0) is 0 Å². The zero-order valence-corrected chi connectivity index (χ0v) is 27.8. The molecule has 2 nitrogen and oxygen atoms in total. The second kappa shape index (κ2) is 9.45. The Labute approximate surface area is 297 Å². The average molecular weight is 659 g/mol. The highest BCUT2D eigenvalue weighted by Gasteiger charge is 2.24. The van der Waals surface area contributed by atoms with E-state index in [0.717, 1.165) is 50.0 Å². The lowest BCUT2D eigenvalue weighted by Crippen LogP contribution is -1.96. The van der Waals surface area contributed by atoms with Crippen LogP contribution in [0.2, 0.25) is 0 Å². The molecule has 0 fully saturated rings. The molecule has 12 aromatic rings. The first-order valence-electron chi connectivity index (χ1n) is 17.9. The number of ether oxygens (including phenoxy) is 1. The highest BCUT2D eigenvalue weighted by Crippen LogP contribution is 2.51. The number of hydrogen-bond donors (Lipinski definition) is 0. The third kappa shape index (κ3) is 3.39. The zero-order chi connectivity index (χ0) is 33.7. The van der Waals surface area contributed by atoms with E-state index in [1.54, 1.807) is 0 Å². The second-order valence-electron chi connectivity index (χ2n) is 14.4. The summed E-state index contributed by atoms with van der Waals surface area (Å²) < 4.78 is 13.7. The van der Waals surface area contributed by atoms with Gasteiger partial charge >= 0.3 is 0 Å². The van der Waals surface area contributed by atoms with Crippen LogP contribution in [0.1, 0.15) is 0 Å². The van der Waals surface area contributed by atoms with Crippen LogP contribution in [0, 0.1) is 0 Å². The smallest absolute Gasteiger partial charge is 0.143 e. The number of furan rings is 1. The lowest BCUT2D eigenvalue weighted by Gasteiger charge is -2.21. The van der Waals surface area contributed by atoms with Gasteiger partial charge in [0.2, 0.25) is 0 Å². The van der Waals surface area contributed by atoms with Crippen LogP contribution in [0.25, 0.3) is 120 Å². The molecule has 238 valence electrons. The molecule has 1 aliphatic heterocycles. The molecule has 0 N–H and O–H groups in total. The maximum Gasteiger partial charge on any atom is 0.143 e. The van der Waals surface area contributed by atoms with E-state index < -0.39 is 0 Å². The Balaban J connectivity index is 1.13. The van der Waals surface area contributed by atoms with E-state index in [1.807, 2.05) is 0 Å². The van der Waals surface area contributed by atoms with E-state index in [0.29, 0.717) is 0 Å². The summed E-state index contributed by atoms with van der Waals surface area (Å²) in [4.78, 5) is 0. The molecule has 2 heteroatoms. The number of fused-ring (bicyclic) bond motifs is 4. The van der Waals surface area contributed by atoms with Crippen molar-refractivity contribution in [2.24, 2.45) is 0 Å². The summed E-state index contributed by atoms with van der Waals surface area (Å²) in [7, 11) is 0. The van der Waals surface area contributed by atoms with Gasteiger partial charge in [0.05, 0.1) is 0 Å². The van der Waals surface area contributed by atoms with Crippen molar-refractivity contribution in [1.29, 1.82) is 0 Å². The van der Waals surface area contributed by atoms with Gasteiger partial charge in [0.25, 0.3) is 0 Å². The zero-order valence-electron chi connectivity index (χ0n) is 27.8. The normalized spacial score (nSPS) is 12.8. The minimum atomic E-state index is 0.884. The van der Waals surface area contributed by atoms with Crippen molar-refractivity contribution >= 4 is 97.3 Å². The van der Waals surface area contributed by atoms with E-state index in [4.69, 9.17) is 9.15 Å². The average Bonchev–Trinajstić information content (AvgIpc) is 3.57. The van der Waals surface area contributed by atoms with Gasteiger partial charge in [-0.25, -0.2) is 0 Å². The van der Waals surface area contributed by atoms with Gasteiger partial charge in [0.15, 0.2) is 0 Å². The molecule has 13 rings (SSSR count). The van der Waals surface area contributed by atoms with Crippen LogP contribution in [0.4, 0.5) is 0 Å². The maximum atomic E-state index is 7.01. The molecule has 0 saturated heterocycles. The van der Waals surface area contributed by atoms with Crippen LogP contribution in [0.5, 0.6) is 11.5 Å². The second-order valence-corrected chi connectivity index (χ2v) is 14.4. The lowest BCUT2D eigenvalue weighted by atomic mass is 9.87. The fourth-order valence-electron chi connectivity index (χ4n) is 9.41. The van der Waals surface area contributed by atoms with Crippen LogP contribution in [-0.4, -0.2) is 0 Å². The quantitative estimate of drug-likeness (QED) is 0.173. The van der Waals surface area contributed by atoms with Crippen molar-refractivity contribution in [3.63, 3.8) is 0 Å². The fraction of sp³-hybridized carbons (Fsp3) is 0. The van der Waals surface area contributed by atoms with Gasteiger partial charge in [-0.1, -0.05) is 121 Å². The van der Waals surface area contributed by atoms with Crippen LogP contribution in [0.15, 0.2) is 162 Å². The molecular formula is C50H26O2. The Hall–Kier alpha value is -6.90. The van der Waals surface area contributed by atoms with Crippen LogP contribution >= 0.6 is 0 Å². The molecule has 52 heavy (non-hydrogen) atoms. The standard InChI is InChI=1S/C50H26O2/c1-2-6-33-25-42-40(24-32(33)5-1)49-39(37-19-17-30-13-11-27-7-3-8-28-18-20-38(37)45(30)44(27)28)22-21-36(50(49)52-42)35-23-34-16-15-31-14-12-29-9-4-10-41-46(29)48(31)47(34)43(26-35)51-41/h1-26H. The van der Waals surface area contributed by atoms with E-state index in [-0.39, 0.29) is 0 Å². The number of rotatable bonds is 2. The third-order valence-corrected chi connectivity index (χ3v) is 11.7. The summed E-state index contributed by atoms with van der Waals surface area (Å²) in [5.74, 6) is 1.79. The van der Waals surface area contributed by atoms with Gasteiger partial charge in [-0.05, 0) is 112 Å². The van der Waals surface area contributed by atoms with Crippen molar-refractivity contribution in [3.8, 4) is 33.8 Å². The fourth-order valence-corrected chi connectivity index (χ4v) is 9.41. The summed E-state index contributed by atoms with van der Waals surface area (Å²) in [5.41, 5.74) is 6.29. The molecule has 11 aromatic carbocycles. The van der Waals surface area contributed by atoms with Crippen molar-refractivity contribution in [1.82, 2.24) is 0 Å². The Bertz CT molecular complexity index is 3530. The minimum Gasteiger partial charge on any atom is -0.456 e. The Morgan fingerprint density at radius 1 is 0.308 bits per heavy atom. The third-order valence-electron chi connectivity index (χ3n) is 11.7. The lowest BCUT2D eigenvalue weighted by molar-refractivity contribution is 0.493. The SMILES string of the molecule is c1ccc2cc3c(cc2c1)oc1c(-c2cc4c5c(ccc6ccc7cccc(c7c65)O4)c2)ccc(-c2ccc4ccc5cccc6ccc2c4c56)c13. The predicted octanol–water partition coefficient (Wildman–Crippen LogP) is 14.5. The summed E-state index contributed by atoms with van der Waals surface area (Å²) >= 11 is 0. The first kappa shape index (κ1) is 26.9.